The maximum Gasteiger partial charge on any atom is 0.190 e. The average Bonchev–Trinajstić information content (AvgIpc) is 2.42. The Morgan fingerprint density at radius 2 is 1.47 bits per heavy atom. The lowest BCUT2D eigenvalue weighted by molar-refractivity contribution is -0.228. The summed E-state index contributed by atoms with van der Waals surface area (Å²) in [7, 11) is 0. The second-order valence-corrected chi connectivity index (χ2v) is 5.25. The van der Waals surface area contributed by atoms with Gasteiger partial charge >= 0.3 is 0 Å². The van der Waals surface area contributed by atoms with E-state index in [2.05, 4.69) is 20.4 Å². The van der Waals surface area contributed by atoms with Crippen LogP contribution in [0, 0.1) is 5.92 Å². The van der Waals surface area contributed by atoms with Gasteiger partial charge in [-0.05, 0) is 26.3 Å². The summed E-state index contributed by atoms with van der Waals surface area (Å²) in [6.45, 7) is 13.7. The summed E-state index contributed by atoms with van der Waals surface area (Å²) in [6, 6.07) is 0. The summed E-state index contributed by atoms with van der Waals surface area (Å²) in [5, 5.41) is 0. The zero-order valence-corrected chi connectivity index (χ0v) is 13.5. The molecule has 0 amide bonds. The van der Waals surface area contributed by atoms with Gasteiger partial charge in [-0.1, -0.05) is 59.0 Å². The zero-order valence-electron chi connectivity index (χ0n) is 13.5. The Balaban J connectivity index is 4.09. The van der Waals surface area contributed by atoms with Crippen molar-refractivity contribution in [1.82, 2.24) is 0 Å². The summed E-state index contributed by atoms with van der Waals surface area (Å²) >= 11 is 0. The molecule has 2 heteroatoms. The molecule has 19 heavy (non-hydrogen) atoms. The third-order valence-corrected chi connectivity index (χ3v) is 3.70. The summed E-state index contributed by atoms with van der Waals surface area (Å²) in [4.78, 5) is 0. The van der Waals surface area contributed by atoms with Gasteiger partial charge in [0.05, 0.1) is 0 Å². The van der Waals surface area contributed by atoms with Crippen LogP contribution in [0.2, 0.25) is 0 Å². The number of unbranched alkanes of at least 4 members (excludes halogenated alkanes) is 5. The smallest absolute Gasteiger partial charge is 0.190 e. The molecule has 0 aromatic rings. The second kappa shape index (κ2) is 11.5. The predicted octanol–water partition coefficient (Wildman–Crippen LogP) is 5.33. The lowest BCUT2D eigenvalue weighted by Crippen LogP contribution is -2.40. The average molecular weight is 270 g/mol. The maximum atomic E-state index is 5.84. The molecule has 1 unspecified atom stereocenters. The largest absolute Gasteiger partial charge is 0.346 e. The van der Waals surface area contributed by atoms with E-state index in [1.165, 1.54) is 38.5 Å². The van der Waals surface area contributed by atoms with E-state index in [9.17, 15) is 0 Å². The van der Waals surface area contributed by atoms with Crippen molar-refractivity contribution in [2.24, 2.45) is 5.92 Å². The summed E-state index contributed by atoms with van der Waals surface area (Å²) in [5.74, 6) is -0.233. The van der Waals surface area contributed by atoms with Crippen molar-refractivity contribution in [2.45, 2.75) is 78.4 Å². The maximum absolute atomic E-state index is 5.84. The predicted molar refractivity (Wildman–Crippen MR) is 83.3 cm³/mol. The van der Waals surface area contributed by atoms with Crippen LogP contribution in [-0.2, 0) is 9.47 Å². The van der Waals surface area contributed by atoms with Gasteiger partial charge in [-0.3, -0.25) is 0 Å². The lowest BCUT2D eigenvalue weighted by Gasteiger charge is -2.35. The zero-order chi connectivity index (χ0) is 14.6. The molecule has 0 spiro atoms. The van der Waals surface area contributed by atoms with Crippen LogP contribution in [0.4, 0.5) is 0 Å². The first kappa shape index (κ1) is 18.7. The van der Waals surface area contributed by atoms with Gasteiger partial charge in [-0.25, -0.2) is 0 Å². The highest BCUT2D eigenvalue weighted by Crippen LogP contribution is 2.29. The Morgan fingerprint density at radius 1 is 0.947 bits per heavy atom. The third kappa shape index (κ3) is 7.12. The van der Waals surface area contributed by atoms with Crippen molar-refractivity contribution in [1.29, 1.82) is 0 Å². The van der Waals surface area contributed by atoms with Crippen molar-refractivity contribution in [3.63, 3.8) is 0 Å². The standard InChI is InChI=1S/C17H34O2/c1-6-10-11-12-13-14-15-16(5)17(7-2,18-8-3)19-9-4/h7,16H,2,6,8-15H2,1,3-5H3. The number of rotatable bonds is 13. The molecule has 0 saturated carbocycles. The van der Waals surface area contributed by atoms with Crippen LogP contribution in [0.15, 0.2) is 12.7 Å². The van der Waals surface area contributed by atoms with E-state index in [0.29, 0.717) is 19.1 Å². The van der Waals surface area contributed by atoms with Crippen LogP contribution in [-0.4, -0.2) is 19.0 Å². The Kier molecular flexibility index (Phi) is 11.3. The van der Waals surface area contributed by atoms with E-state index in [0.717, 1.165) is 6.42 Å². The molecular weight excluding hydrogens is 236 g/mol. The summed E-state index contributed by atoms with van der Waals surface area (Å²) in [6.07, 6.45) is 10.9. The Labute approximate surface area is 120 Å². The lowest BCUT2D eigenvalue weighted by atomic mass is 9.93. The minimum atomic E-state index is -0.590. The van der Waals surface area contributed by atoms with Crippen LogP contribution >= 0.6 is 0 Å². The van der Waals surface area contributed by atoms with E-state index in [4.69, 9.17) is 9.47 Å². The van der Waals surface area contributed by atoms with Crippen molar-refractivity contribution in [3.8, 4) is 0 Å². The summed E-state index contributed by atoms with van der Waals surface area (Å²) in [5.41, 5.74) is 0. The molecule has 2 nitrogen and oxygen atoms in total. The number of hydrogen-bond donors (Lipinski definition) is 0. The van der Waals surface area contributed by atoms with Crippen molar-refractivity contribution >= 4 is 0 Å². The molecule has 1 atom stereocenters. The second-order valence-electron chi connectivity index (χ2n) is 5.25. The molecule has 0 aromatic heterocycles. The van der Waals surface area contributed by atoms with E-state index in [-0.39, 0.29) is 0 Å². The van der Waals surface area contributed by atoms with Crippen LogP contribution in [0.1, 0.15) is 72.6 Å². The van der Waals surface area contributed by atoms with E-state index in [1.807, 2.05) is 19.9 Å². The van der Waals surface area contributed by atoms with Crippen LogP contribution in [0.3, 0.4) is 0 Å². The number of ether oxygens (including phenoxy) is 2. The Bertz CT molecular complexity index is 207. The fraction of sp³-hybridized carbons (Fsp3) is 0.882. The first-order valence-electron chi connectivity index (χ1n) is 8.08. The first-order chi connectivity index (χ1) is 9.16. The topological polar surface area (TPSA) is 18.5 Å². The monoisotopic (exact) mass is 270 g/mol. The molecule has 0 saturated heterocycles. The van der Waals surface area contributed by atoms with Crippen LogP contribution in [0.25, 0.3) is 0 Å². The minimum absolute atomic E-state index is 0.357. The van der Waals surface area contributed by atoms with Gasteiger partial charge in [0.15, 0.2) is 5.79 Å². The molecule has 0 rings (SSSR count). The van der Waals surface area contributed by atoms with Crippen LogP contribution in [0.5, 0.6) is 0 Å². The molecule has 0 aliphatic heterocycles. The normalized spacial score (nSPS) is 13.5. The first-order valence-corrected chi connectivity index (χ1v) is 8.08. The van der Waals surface area contributed by atoms with E-state index >= 15 is 0 Å². The number of hydrogen-bond acceptors (Lipinski definition) is 2. The highest BCUT2D eigenvalue weighted by atomic mass is 16.7. The highest BCUT2D eigenvalue weighted by molar-refractivity contribution is 4.93. The molecule has 0 aliphatic carbocycles. The molecule has 0 fully saturated rings. The highest BCUT2D eigenvalue weighted by Gasteiger charge is 2.34. The SMILES string of the molecule is C=CC(OCC)(OCC)C(C)CCCCCCCC. The third-order valence-electron chi connectivity index (χ3n) is 3.70. The van der Waals surface area contributed by atoms with E-state index in [1.54, 1.807) is 0 Å². The van der Waals surface area contributed by atoms with Gasteiger partial charge in [0, 0.05) is 19.1 Å². The molecule has 114 valence electrons. The van der Waals surface area contributed by atoms with Crippen molar-refractivity contribution in [3.05, 3.63) is 12.7 Å². The van der Waals surface area contributed by atoms with Gasteiger partial charge in [0.1, 0.15) is 0 Å². The van der Waals surface area contributed by atoms with Gasteiger partial charge in [-0.2, -0.15) is 0 Å². The molecule has 0 aromatic carbocycles. The van der Waals surface area contributed by atoms with Crippen molar-refractivity contribution in [2.75, 3.05) is 13.2 Å². The fourth-order valence-electron chi connectivity index (χ4n) is 2.53. The van der Waals surface area contributed by atoms with Gasteiger partial charge < -0.3 is 9.47 Å². The van der Waals surface area contributed by atoms with E-state index < -0.39 is 5.79 Å². The molecular formula is C17H34O2. The van der Waals surface area contributed by atoms with Gasteiger partial charge in [0.2, 0.25) is 0 Å². The molecule has 0 bridgehead atoms. The Morgan fingerprint density at radius 3 is 1.95 bits per heavy atom. The molecule has 0 radical (unpaired) electrons. The van der Waals surface area contributed by atoms with Gasteiger partial charge in [-0.15, -0.1) is 0 Å². The quantitative estimate of drug-likeness (QED) is 0.256. The summed E-state index contributed by atoms with van der Waals surface area (Å²) < 4.78 is 11.7. The molecule has 0 N–H and O–H groups in total. The van der Waals surface area contributed by atoms with Crippen molar-refractivity contribution < 1.29 is 9.47 Å². The van der Waals surface area contributed by atoms with Crippen LogP contribution < -0.4 is 0 Å². The Hall–Kier alpha value is -0.340. The molecule has 0 heterocycles. The minimum Gasteiger partial charge on any atom is -0.346 e. The fourth-order valence-corrected chi connectivity index (χ4v) is 2.53. The van der Waals surface area contributed by atoms with Gasteiger partial charge in [0.25, 0.3) is 0 Å². The molecule has 0 aliphatic rings.